The zero-order valence-electron chi connectivity index (χ0n) is 4.00. The van der Waals surface area contributed by atoms with E-state index in [4.69, 9.17) is 0 Å². The third-order valence-corrected chi connectivity index (χ3v) is 0.281. The summed E-state index contributed by atoms with van der Waals surface area (Å²) in [6.07, 6.45) is 1.00. The van der Waals surface area contributed by atoms with Crippen molar-refractivity contribution in [2.75, 3.05) is 0 Å². The molecule has 48 valence electrons. The van der Waals surface area contributed by atoms with Gasteiger partial charge < -0.3 is 11.6 Å². The number of carbonyl (C=O) groups is 1. The highest BCUT2D eigenvalue weighted by Gasteiger charge is 1.79. The summed E-state index contributed by atoms with van der Waals surface area (Å²) in [5.74, 6) is 4.58. The van der Waals surface area contributed by atoms with E-state index >= 15 is 0 Å². The summed E-state index contributed by atoms with van der Waals surface area (Å²) in [4.78, 5) is 9.72. The normalized spacial score (nSPS) is 8.00. The first-order valence-electron chi connectivity index (χ1n) is 1.55. The zero-order valence-corrected chi connectivity index (χ0v) is 4.81. The number of carbonyl (C=O) groups excluding carboxylic acids is 1. The van der Waals surface area contributed by atoms with Crippen LogP contribution in [-0.2, 0) is 0 Å². The summed E-state index contributed by atoms with van der Waals surface area (Å²) < 4.78 is 0. The van der Waals surface area contributed by atoms with Gasteiger partial charge in [-0.05, 0) is 0 Å². The minimum Gasteiger partial charge on any atom is -0.351 e. The molecule has 0 heterocycles. The van der Waals surface area contributed by atoms with Gasteiger partial charge in [-0.2, -0.15) is 5.10 Å². The van der Waals surface area contributed by atoms with Gasteiger partial charge in [-0.15, -0.1) is 12.4 Å². The van der Waals surface area contributed by atoms with Crippen LogP contribution in [0.5, 0.6) is 0 Å². The highest BCUT2D eigenvalue weighted by molar-refractivity contribution is 5.85. The molecule has 0 aliphatic rings. The zero-order chi connectivity index (χ0) is 5.70. The molecule has 0 unspecified atom stereocenters. The average Bonchev–Trinajstić information content (AvgIpc) is 1.61. The van der Waals surface area contributed by atoms with Crippen molar-refractivity contribution in [1.29, 1.82) is 0 Å². The Labute approximate surface area is 52.5 Å². The van der Waals surface area contributed by atoms with Gasteiger partial charge in [0, 0.05) is 0 Å². The third-order valence-electron chi connectivity index (χ3n) is 0.281. The van der Waals surface area contributed by atoms with E-state index in [1.54, 1.807) is 0 Å². The van der Waals surface area contributed by atoms with E-state index in [1.165, 1.54) is 0 Å². The van der Waals surface area contributed by atoms with Crippen LogP contribution in [-0.4, -0.2) is 12.4 Å². The number of nitrogens with two attached hydrogens (primary N) is 2. The summed E-state index contributed by atoms with van der Waals surface area (Å²) >= 11 is 0. The van der Waals surface area contributed by atoms with Crippen molar-refractivity contribution in [3.8, 4) is 0 Å². The fourth-order valence-electron chi connectivity index (χ4n) is 0.101. The standard InChI is InChI=1S/C2H6N4O.ClH/c3-2(7)5-1-6-4;/h1H,4H2,(H3,3,5,6,7);1H. The molecule has 0 fully saturated rings. The van der Waals surface area contributed by atoms with Gasteiger partial charge in [-0.1, -0.05) is 0 Å². The molecule has 0 aliphatic carbocycles. The number of primary amides is 1. The molecule has 0 aliphatic heterocycles. The van der Waals surface area contributed by atoms with E-state index in [1.807, 2.05) is 5.32 Å². The highest BCUT2D eigenvalue weighted by atomic mass is 35.5. The molecular formula is C2H7ClN4O. The quantitative estimate of drug-likeness (QED) is 0.187. The lowest BCUT2D eigenvalue weighted by Crippen LogP contribution is -2.28. The number of hydrazone groups is 1. The van der Waals surface area contributed by atoms with Crippen molar-refractivity contribution in [3.05, 3.63) is 0 Å². The predicted molar refractivity (Wildman–Crippen MR) is 32.6 cm³/mol. The van der Waals surface area contributed by atoms with Crippen LogP contribution in [0.3, 0.4) is 0 Å². The van der Waals surface area contributed by atoms with Gasteiger partial charge in [0.05, 0.1) is 0 Å². The summed E-state index contributed by atoms with van der Waals surface area (Å²) in [5, 5.41) is 4.96. The fourth-order valence-corrected chi connectivity index (χ4v) is 0.101. The molecule has 0 atom stereocenters. The number of urea groups is 1. The van der Waals surface area contributed by atoms with Gasteiger partial charge in [-0.25, -0.2) is 4.79 Å². The van der Waals surface area contributed by atoms with Crippen LogP contribution in [0.25, 0.3) is 0 Å². The van der Waals surface area contributed by atoms with Gasteiger partial charge in [0.15, 0.2) is 0 Å². The van der Waals surface area contributed by atoms with Gasteiger partial charge >= 0.3 is 6.03 Å². The number of halogens is 1. The van der Waals surface area contributed by atoms with Gasteiger partial charge in [0.25, 0.3) is 0 Å². The Morgan fingerprint density at radius 3 is 2.38 bits per heavy atom. The second kappa shape index (κ2) is 6.03. The maximum absolute atomic E-state index is 9.72. The summed E-state index contributed by atoms with van der Waals surface area (Å²) in [5.41, 5.74) is 4.58. The second-order valence-electron chi connectivity index (χ2n) is 0.787. The number of amides is 2. The van der Waals surface area contributed by atoms with Crippen molar-refractivity contribution in [2.45, 2.75) is 0 Å². The van der Waals surface area contributed by atoms with Crippen LogP contribution in [0, 0.1) is 0 Å². The first kappa shape index (κ1) is 10.1. The Kier molecular flexibility index (Phi) is 7.62. The van der Waals surface area contributed by atoms with Crippen molar-refractivity contribution in [2.24, 2.45) is 16.7 Å². The Balaban J connectivity index is 0. The minimum absolute atomic E-state index is 0. The molecule has 8 heavy (non-hydrogen) atoms. The largest absolute Gasteiger partial charge is 0.351 e. The van der Waals surface area contributed by atoms with E-state index in [0.717, 1.165) is 6.34 Å². The monoisotopic (exact) mass is 138 g/mol. The molecule has 0 bridgehead atoms. The van der Waals surface area contributed by atoms with Crippen LogP contribution in [0.2, 0.25) is 0 Å². The third kappa shape index (κ3) is 8.90. The molecule has 0 radical (unpaired) electrons. The molecule has 0 aromatic rings. The van der Waals surface area contributed by atoms with Gasteiger partial charge in [-0.3, -0.25) is 5.32 Å². The Morgan fingerprint density at radius 1 is 1.75 bits per heavy atom. The summed E-state index contributed by atoms with van der Waals surface area (Å²) in [6.45, 7) is 0. The number of hydrogen-bond acceptors (Lipinski definition) is 3. The summed E-state index contributed by atoms with van der Waals surface area (Å²) in [6, 6.07) is -0.672. The Hall–Kier alpha value is -0.970. The molecule has 0 spiro atoms. The maximum atomic E-state index is 9.72. The number of rotatable bonds is 1. The lowest BCUT2D eigenvalue weighted by Gasteiger charge is -1.84. The van der Waals surface area contributed by atoms with Gasteiger partial charge in [0.1, 0.15) is 6.34 Å². The lowest BCUT2D eigenvalue weighted by atomic mass is 11.0. The molecule has 0 rings (SSSR count). The van der Waals surface area contributed by atoms with Crippen LogP contribution in [0.1, 0.15) is 0 Å². The fraction of sp³-hybridized carbons (Fsp3) is 0. The number of nitrogens with zero attached hydrogens (tertiary/aromatic N) is 1. The first-order valence-corrected chi connectivity index (χ1v) is 1.55. The van der Waals surface area contributed by atoms with Crippen LogP contribution in [0.15, 0.2) is 5.10 Å². The van der Waals surface area contributed by atoms with Crippen LogP contribution in [0.4, 0.5) is 4.79 Å². The second-order valence-corrected chi connectivity index (χ2v) is 0.787. The van der Waals surface area contributed by atoms with E-state index < -0.39 is 6.03 Å². The van der Waals surface area contributed by atoms with E-state index in [9.17, 15) is 4.79 Å². The molecule has 2 amide bonds. The van der Waals surface area contributed by atoms with Crippen molar-refractivity contribution in [1.82, 2.24) is 5.32 Å². The molecule has 0 saturated heterocycles. The van der Waals surface area contributed by atoms with Crippen molar-refractivity contribution < 1.29 is 4.79 Å². The molecule has 0 saturated carbocycles. The number of nitrogens with one attached hydrogen (secondary N) is 1. The molecule has 5 N–H and O–H groups in total. The molecule has 6 heteroatoms. The van der Waals surface area contributed by atoms with Crippen LogP contribution < -0.4 is 16.9 Å². The van der Waals surface area contributed by atoms with Crippen LogP contribution >= 0.6 is 12.4 Å². The molecule has 5 nitrogen and oxygen atoms in total. The smallest absolute Gasteiger partial charge is 0.317 e. The Morgan fingerprint density at radius 2 is 2.25 bits per heavy atom. The van der Waals surface area contributed by atoms with Gasteiger partial charge in [0.2, 0.25) is 0 Å². The van der Waals surface area contributed by atoms with E-state index in [-0.39, 0.29) is 12.4 Å². The van der Waals surface area contributed by atoms with E-state index in [2.05, 4.69) is 16.7 Å². The average molecular weight is 139 g/mol. The molecule has 0 aromatic carbocycles. The number of hydrogen-bond donors (Lipinski definition) is 3. The topological polar surface area (TPSA) is 93.5 Å². The molecular weight excluding hydrogens is 132 g/mol. The van der Waals surface area contributed by atoms with Crippen molar-refractivity contribution in [3.63, 3.8) is 0 Å². The first-order chi connectivity index (χ1) is 3.27. The summed E-state index contributed by atoms with van der Waals surface area (Å²) in [7, 11) is 0. The lowest BCUT2D eigenvalue weighted by molar-refractivity contribution is 0.253. The SMILES string of the molecule is Cl.N/N=C/NC(N)=O. The minimum atomic E-state index is -0.672. The predicted octanol–water partition coefficient (Wildman–Crippen LogP) is -1.02. The highest BCUT2D eigenvalue weighted by Crippen LogP contribution is 1.44. The molecule has 0 aromatic heterocycles. The van der Waals surface area contributed by atoms with Crippen molar-refractivity contribution >= 4 is 24.8 Å². The van der Waals surface area contributed by atoms with E-state index in [0.29, 0.717) is 0 Å². The maximum Gasteiger partial charge on any atom is 0.317 e. The Bertz CT molecular complexity index is 92.0.